The van der Waals surface area contributed by atoms with Gasteiger partial charge in [-0.2, -0.15) is 0 Å². The number of carboxylic acid groups (broad SMARTS) is 1. The van der Waals surface area contributed by atoms with Crippen molar-refractivity contribution in [1.82, 2.24) is 9.88 Å². The summed E-state index contributed by atoms with van der Waals surface area (Å²) in [5.41, 5.74) is 1.38. The van der Waals surface area contributed by atoms with E-state index in [1.807, 2.05) is 31.2 Å². The molecular formula is C19H20N2O3. The normalized spacial score (nSPS) is 25.9. The molecule has 4 rings (SSSR count). The number of carbonyl (C=O) groups is 2. The summed E-state index contributed by atoms with van der Waals surface area (Å²) in [5, 5.41) is 10.6. The molecule has 2 fully saturated rings. The van der Waals surface area contributed by atoms with Crippen LogP contribution in [0.4, 0.5) is 0 Å². The molecule has 1 saturated heterocycles. The Bertz CT molecular complexity index is 848. The van der Waals surface area contributed by atoms with Crippen molar-refractivity contribution >= 4 is 22.8 Å². The molecule has 1 aromatic heterocycles. The van der Waals surface area contributed by atoms with Crippen LogP contribution in [0.25, 0.3) is 10.9 Å². The molecule has 2 heterocycles. The Balaban J connectivity index is 1.71. The van der Waals surface area contributed by atoms with E-state index in [0.717, 1.165) is 23.9 Å². The molecule has 1 amide bonds. The van der Waals surface area contributed by atoms with E-state index in [-0.39, 0.29) is 11.8 Å². The molecule has 1 aliphatic heterocycles. The summed E-state index contributed by atoms with van der Waals surface area (Å²) in [6, 6.07) is 9.48. The van der Waals surface area contributed by atoms with Gasteiger partial charge >= 0.3 is 5.97 Å². The zero-order chi connectivity index (χ0) is 16.9. The minimum absolute atomic E-state index is 0.0728. The zero-order valence-corrected chi connectivity index (χ0v) is 13.7. The molecular weight excluding hydrogens is 304 g/mol. The van der Waals surface area contributed by atoms with E-state index in [1.54, 1.807) is 11.0 Å². The summed E-state index contributed by atoms with van der Waals surface area (Å²) in [6.45, 7) is 2.75. The van der Waals surface area contributed by atoms with Crippen molar-refractivity contribution < 1.29 is 14.7 Å². The molecule has 2 aliphatic rings. The van der Waals surface area contributed by atoms with Gasteiger partial charge < -0.3 is 10.0 Å². The summed E-state index contributed by atoms with van der Waals surface area (Å²) in [4.78, 5) is 31.1. The minimum atomic E-state index is -0.757. The van der Waals surface area contributed by atoms with Crippen molar-refractivity contribution in [1.29, 1.82) is 0 Å². The second-order valence-corrected chi connectivity index (χ2v) is 7.07. The van der Waals surface area contributed by atoms with Gasteiger partial charge in [-0.25, -0.2) is 0 Å². The first-order valence-electron chi connectivity index (χ1n) is 8.40. The summed E-state index contributed by atoms with van der Waals surface area (Å²) >= 11 is 0. The highest BCUT2D eigenvalue weighted by Crippen LogP contribution is 2.49. The number of fused-ring (bicyclic) bond motifs is 2. The number of carbonyl (C=O) groups excluding carboxylic acids is 1. The highest BCUT2D eigenvalue weighted by atomic mass is 16.4. The van der Waals surface area contributed by atoms with Gasteiger partial charge in [0, 0.05) is 24.2 Å². The van der Waals surface area contributed by atoms with Crippen molar-refractivity contribution in [3.8, 4) is 0 Å². The Labute approximate surface area is 140 Å². The van der Waals surface area contributed by atoms with Gasteiger partial charge in [-0.3, -0.25) is 14.6 Å². The molecule has 1 aliphatic carbocycles. The van der Waals surface area contributed by atoms with Crippen LogP contribution in [0.3, 0.4) is 0 Å². The maximum Gasteiger partial charge on any atom is 0.311 e. The van der Waals surface area contributed by atoms with Crippen LogP contribution in [0.2, 0.25) is 0 Å². The Morgan fingerprint density at radius 1 is 1.29 bits per heavy atom. The largest absolute Gasteiger partial charge is 0.481 e. The van der Waals surface area contributed by atoms with E-state index in [9.17, 15) is 14.7 Å². The third-order valence-electron chi connectivity index (χ3n) is 5.67. The average molecular weight is 324 g/mol. The average Bonchev–Trinajstić information content (AvgIpc) is 3.11. The molecule has 24 heavy (non-hydrogen) atoms. The first kappa shape index (κ1) is 15.1. The quantitative estimate of drug-likeness (QED) is 0.922. The first-order valence-corrected chi connectivity index (χ1v) is 8.40. The predicted molar refractivity (Wildman–Crippen MR) is 89.8 cm³/mol. The third-order valence-corrected chi connectivity index (χ3v) is 5.67. The SMILES string of the molecule is Cc1ccc2cccc(C(=O)N3C[C@@H]4CCC[C@@]4(C(=O)O)C3)c2n1. The Morgan fingerprint density at radius 2 is 2.12 bits per heavy atom. The summed E-state index contributed by atoms with van der Waals surface area (Å²) in [6.07, 6.45) is 2.50. The van der Waals surface area contributed by atoms with E-state index in [4.69, 9.17) is 0 Å². The van der Waals surface area contributed by atoms with Gasteiger partial charge in [0.05, 0.1) is 16.5 Å². The number of rotatable bonds is 2. The number of nitrogens with zero attached hydrogens (tertiary/aromatic N) is 2. The second-order valence-electron chi connectivity index (χ2n) is 7.07. The van der Waals surface area contributed by atoms with Crippen molar-refractivity contribution in [2.24, 2.45) is 11.3 Å². The number of hydrogen-bond acceptors (Lipinski definition) is 3. The third kappa shape index (κ3) is 2.11. The zero-order valence-electron chi connectivity index (χ0n) is 13.7. The molecule has 2 aromatic rings. The Hall–Kier alpha value is -2.43. The number of benzene rings is 1. The van der Waals surface area contributed by atoms with Crippen molar-refractivity contribution in [2.45, 2.75) is 26.2 Å². The summed E-state index contributed by atoms with van der Waals surface area (Å²) < 4.78 is 0. The van der Waals surface area contributed by atoms with Crippen LogP contribution < -0.4 is 0 Å². The van der Waals surface area contributed by atoms with E-state index in [2.05, 4.69) is 4.98 Å². The van der Waals surface area contributed by atoms with Gasteiger partial charge in [0.15, 0.2) is 0 Å². The molecule has 124 valence electrons. The lowest BCUT2D eigenvalue weighted by atomic mass is 9.81. The minimum Gasteiger partial charge on any atom is -0.481 e. The maximum atomic E-state index is 13.1. The van der Waals surface area contributed by atoms with Crippen molar-refractivity contribution in [3.63, 3.8) is 0 Å². The highest BCUT2D eigenvalue weighted by molar-refractivity contribution is 6.05. The van der Waals surface area contributed by atoms with Gasteiger partial charge in [-0.05, 0) is 37.8 Å². The molecule has 0 unspecified atom stereocenters. The van der Waals surface area contributed by atoms with Gasteiger partial charge in [0.2, 0.25) is 0 Å². The van der Waals surface area contributed by atoms with Crippen LogP contribution in [0.1, 0.15) is 35.3 Å². The fraction of sp³-hybridized carbons (Fsp3) is 0.421. The molecule has 5 nitrogen and oxygen atoms in total. The molecule has 1 aromatic carbocycles. The van der Waals surface area contributed by atoms with Gasteiger partial charge in [-0.15, -0.1) is 0 Å². The van der Waals surface area contributed by atoms with E-state index < -0.39 is 11.4 Å². The Kier molecular flexibility index (Phi) is 3.34. The number of aliphatic carboxylic acids is 1. The van der Waals surface area contributed by atoms with Crippen molar-refractivity contribution in [2.75, 3.05) is 13.1 Å². The molecule has 1 N–H and O–H groups in total. The standard InChI is InChI=1S/C19H20N2O3/c1-12-7-8-13-4-2-6-15(16(13)20-12)17(22)21-10-14-5-3-9-19(14,11-21)18(23)24/h2,4,6-8,14H,3,5,9-11H2,1H3,(H,23,24)/t14-,19+/m0/s1. The number of amides is 1. The number of hydrogen-bond donors (Lipinski definition) is 1. The van der Waals surface area contributed by atoms with Gasteiger partial charge in [0.25, 0.3) is 5.91 Å². The van der Waals surface area contributed by atoms with Crippen LogP contribution in [-0.4, -0.2) is 40.0 Å². The van der Waals surface area contributed by atoms with Gasteiger partial charge in [0.1, 0.15) is 0 Å². The second kappa shape index (κ2) is 5.30. The Morgan fingerprint density at radius 3 is 2.88 bits per heavy atom. The fourth-order valence-electron chi connectivity index (χ4n) is 4.38. The smallest absolute Gasteiger partial charge is 0.311 e. The van der Waals surface area contributed by atoms with Crippen molar-refractivity contribution in [3.05, 3.63) is 41.6 Å². The molecule has 0 radical (unpaired) electrons. The molecule has 2 atom stereocenters. The van der Waals surface area contributed by atoms with E-state index in [0.29, 0.717) is 30.6 Å². The molecule has 5 heteroatoms. The number of likely N-dealkylation sites (tertiary alicyclic amines) is 1. The first-order chi connectivity index (χ1) is 11.5. The number of aromatic nitrogens is 1. The van der Waals surface area contributed by atoms with E-state index >= 15 is 0 Å². The van der Waals surface area contributed by atoms with Crippen LogP contribution in [0.15, 0.2) is 30.3 Å². The van der Waals surface area contributed by atoms with Crippen LogP contribution >= 0.6 is 0 Å². The van der Waals surface area contributed by atoms with E-state index in [1.165, 1.54) is 0 Å². The highest BCUT2D eigenvalue weighted by Gasteiger charge is 2.55. The molecule has 0 spiro atoms. The summed E-state index contributed by atoms with van der Waals surface area (Å²) in [5.74, 6) is -0.787. The predicted octanol–water partition coefficient (Wildman–Crippen LogP) is 2.87. The van der Waals surface area contributed by atoms with Crippen LogP contribution in [-0.2, 0) is 4.79 Å². The summed E-state index contributed by atoms with van der Waals surface area (Å²) in [7, 11) is 0. The number of aryl methyl sites for hydroxylation is 1. The molecule has 1 saturated carbocycles. The topological polar surface area (TPSA) is 70.5 Å². The van der Waals surface area contributed by atoms with Crippen LogP contribution in [0.5, 0.6) is 0 Å². The van der Waals surface area contributed by atoms with Gasteiger partial charge in [-0.1, -0.05) is 24.6 Å². The van der Waals surface area contributed by atoms with Crippen LogP contribution in [0, 0.1) is 18.3 Å². The fourth-order valence-corrected chi connectivity index (χ4v) is 4.38. The number of pyridine rings is 1. The lowest BCUT2D eigenvalue weighted by Gasteiger charge is -2.23. The monoisotopic (exact) mass is 324 g/mol. The maximum absolute atomic E-state index is 13.1. The lowest BCUT2D eigenvalue weighted by Crippen LogP contribution is -2.37. The number of carboxylic acids is 1. The molecule has 0 bridgehead atoms. The number of para-hydroxylation sites is 1. The lowest BCUT2D eigenvalue weighted by molar-refractivity contribution is -0.149.